The second-order valence-corrected chi connectivity index (χ2v) is 4.12. The third kappa shape index (κ3) is 2.12. The third-order valence-corrected chi connectivity index (χ3v) is 3.34. The van der Waals surface area contributed by atoms with Crippen molar-refractivity contribution in [3.05, 3.63) is 0 Å². The number of methoxy groups -OCH3 is 1. The molecule has 0 aromatic rings. The van der Waals surface area contributed by atoms with Crippen LogP contribution in [0.3, 0.4) is 0 Å². The molecular formula is C10H18N2O3. The van der Waals surface area contributed by atoms with E-state index in [4.69, 9.17) is 11.5 Å². The third-order valence-electron chi connectivity index (χ3n) is 3.34. The molecule has 1 saturated carbocycles. The number of carbonyl (C=O) groups excluding carboxylic acids is 2. The Balaban J connectivity index is 2.78. The zero-order valence-corrected chi connectivity index (χ0v) is 8.99. The monoisotopic (exact) mass is 214 g/mol. The van der Waals surface area contributed by atoms with Gasteiger partial charge in [0.05, 0.1) is 7.11 Å². The Bertz CT molecular complexity index is 257. The molecule has 1 fully saturated rings. The van der Waals surface area contributed by atoms with E-state index in [0.29, 0.717) is 25.3 Å². The standard InChI is InChI=1S/C10H18N2O3/c1-15-9(14)10(8(12)13)4-2-7(6-11)3-5-10/h7H,2-6,11H2,1H3,(H2,12,13). The van der Waals surface area contributed by atoms with E-state index in [-0.39, 0.29) is 0 Å². The predicted octanol–water partition coefficient (Wildman–Crippen LogP) is -0.220. The topological polar surface area (TPSA) is 95.4 Å². The summed E-state index contributed by atoms with van der Waals surface area (Å²) in [5.74, 6) is -0.697. The van der Waals surface area contributed by atoms with Crippen LogP contribution in [-0.2, 0) is 14.3 Å². The maximum Gasteiger partial charge on any atom is 0.321 e. The number of carbonyl (C=O) groups is 2. The van der Waals surface area contributed by atoms with Crippen molar-refractivity contribution in [3.8, 4) is 0 Å². The maximum atomic E-state index is 11.6. The van der Waals surface area contributed by atoms with Gasteiger partial charge in [0, 0.05) is 0 Å². The van der Waals surface area contributed by atoms with Gasteiger partial charge in [-0.2, -0.15) is 0 Å². The van der Waals surface area contributed by atoms with Gasteiger partial charge in [0.2, 0.25) is 5.91 Å². The van der Waals surface area contributed by atoms with Crippen LogP contribution in [-0.4, -0.2) is 25.5 Å². The van der Waals surface area contributed by atoms with Crippen molar-refractivity contribution in [1.82, 2.24) is 0 Å². The van der Waals surface area contributed by atoms with E-state index < -0.39 is 17.3 Å². The van der Waals surface area contributed by atoms with Crippen molar-refractivity contribution >= 4 is 11.9 Å². The molecule has 0 atom stereocenters. The fourth-order valence-corrected chi connectivity index (χ4v) is 2.15. The van der Waals surface area contributed by atoms with E-state index in [1.165, 1.54) is 7.11 Å². The number of nitrogens with two attached hydrogens (primary N) is 2. The van der Waals surface area contributed by atoms with E-state index in [1.807, 2.05) is 0 Å². The van der Waals surface area contributed by atoms with Crippen LogP contribution in [0.25, 0.3) is 0 Å². The Labute approximate surface area is 89.1 Å². The van der Waals surface area contributed by atoms with Crippen molar-refractivity contribution < 1.29 is 14.3 Å². The number of esters is 1. The molecule has 0 saturated heterocycles. The van der Waals surface area contributed by atoms with Crippen LogP contribution < -0.4 is 11.5 Å². The minimum atomic E-state index is -1.11. The maximum absolute atomic E-state index is 11.6. The average molecular weight is 214 g/mol. The number of hydrogen-bond acceptors (Lipinski definition) is 4. The van der Waals surface area contributed by atoms with Gasteiger partial charge in [-0.1, -0.05) is 0 Å². The lowest BCUT2D eigenvalue weighted by atomic mass is 9.70. The first-order valence-electron chi connectivity index (χ1n) is 5.15. The quantitative estimate of drug-likeness (QED) is 0.501. The normalized spacial score (nSPS) is 30.9. The Morgan fingerprint density at radius 2 is 1.93 bits per heavy atom. The highest BCUT2D eigenvalue weighted by atomic mass is 16.5. The zero-order chi connectivity index (χ0) is 11.5. The predicted molar refractivity (Wildman–Crippen MR) is 54.7 cm³/mol. The summed E-state index contributed by atoms with van der Waals surface area (Å²) in [4.78, 5) is 22.9. The van der Waals surface area contributed by atoms with E-state index in [1.54, 1.807) is 0 Å². The molecule has 1 aliphatic rings. The summed E-state index contributed by atoms with van der Waals surface area (Å²) in [7, 11) is 1.28. The van der Waals surface area contributed by atoms with Crippen molar-refractivity contribution in [1.29, 1.82) is 0 Å². The van der Waals surface area contributed by atoms with E-state index in [0.717, 1.165) is 12.8 Å². The highest BCUT2D eigenvalue weighted by Crippen LogP contribution is 2.39. The molecule has 0 bridgehead atoms. The molecular weight excluding hydrogens is 196 g/mol. The lowest BCUT2D eigenvalue weighted by Gasteiger charge is -2.34. The van der Waals surface area contributed by atoms with Gasteiger partial charge in [-0.15, -0.1) is 0 Å². The van der Waals surface area contributed by atoms with Crippen molar-refractivity contribution in [2.24, 2.45) is 22.8 Å². The molecule has 4 N–H and O–H groups in total. The molecule has 5 nitrogen and oxygen atoms in total. The summed E-state index contributed by atoms with van der Waals surface area (Å²) in [6, 6.07) is 0. The van der Waals surface area contributed by atoms with Crippen molar-refractivity contribution in [2.45, 2.75) is 25.7 Å². The molecule has 1 aliphatic carbocycles. The molecule has 86 valence electrons. The van der Waals surface area contributed by atoms with E-state index in [9.17, 15) is 9.59 Å². The number of rotatable bonds is 3. The number of ether oxygens (including phenoxy) is 1. The highest BCUT2D eigenvalue weighted by molar-refractivity contribution is 6.01. The average Bonchev–Trinajstić information content (AvgIpc) is 2.27. The highest BCUT2D eigenvalue weighted by Gasteiger charge is 2.47. The van der Waals surface area contributed by atoms with Crippen molar-refractivity contribution in [2.75, 3.05) is 13.7 Å². The van der Waals surface area contributed by atoms with Gasteiger partial charge in [0.15, 0.2) is 0 Å². The molecule has 15 heavy (non-hydrogen) atoms. The molecule has 1 rings (SSSR count). The number of primary amides is 1. The second-order valence-electron chi connectivity index (χ2n) is 4.12. The van der Waals surface area contributed by atoms with Gasteiger partial charge in [0.1, 0.15) is 5.41 Å². The molecule has 0 unspecified atom stereocenters. The lowest BCUT2D eigenvalue weighted by molar-refractivity contribution is -0.160. The van der Waals surface area contributed by atoms with Crippen LogP contribution >= 0.6 is 0 Å². The van der Waals surface area contributed by atoms with Crippen molar-refractivity contribution in [3.63, 3.8) is 0 Å². The van der Waals surface area contributed by atoms with E-state index in [2.05, 4.69) is 4.74 Å². The van der Waals surface area contributed by atoms with Gasteiger partial charge in [-0.05, 0) is 38.1 Å². The van der Waals surface area contributed by atoms with Crippen LogP contribution in [0.1, 0.15) is 25.7 Å². The number of amides is 1. The minimum Gasteiger partial charge on any atom is -0.468 e. The molecule has 0 aliphatic heterocycles. The molecule has 0 spiro atoms. The van der Waals surface area contributed by atoms with Gasteiger partial charge in [0.25, 0.3) is 0 Å². The van der Waals surface area contributed by atoms with E-state index >= 15 is 0 Å². The first-order chi connectivity index (χ1) is 7.06. The summed E-state index contributed by atoms with van der Waals surface area (Å²) in [6.07, 6.45) is 2.43. The summed E-state index contributed by atoms with van der Waals surface area (Å²) in [5.41, 5.74) is 9.73. The van der Waals surface area contributed by atoms with Crippen LogP contribution in [0.2, 0.25) is 0 Å². The van der Waals surface area contributed by atoms with Gasteiger partial charge in [-0.25, -0.2) is 0 Å². The Morgan fingerprint density at radius 1 is 1.40 bits per heavy atom. The summed E-state index contributed by atoms with van der Waals surface area (Å²) in [6.45, 7) is 0.593. The molecule has 0 heterocycles. The summed E-state index contributed by atoms with van der Waals surface area (Å²) < 4.78 is 4.65. The molecule has 0 aromatic carbocycles. The Morgan fingerprint density at radius 3 is 2.27 bits per heavy atom. The summed E-state index contributed by atoms with van der Waals surface area (Å²) in [5, 5.41) is 0. The molecule has 0 radical (unpaired) electrons. The van der Waals surface area contributed by atoms with Gasteiger partial charge < -0.3 is 16.2 Å². The minimum absolute atomic E-state index is 0.391. The Kier molecular flexibility index (Phi) is 3.68. The number of hydrogen-bond donors (Lipinski definition) is 2. The van der Waals surface area contributed by atoms with Crippen LogP contribution in [0.15, 0.2) is 0 Å². The fourth-order valence-electron chi connectivity index (χ4n) is 2.15. The zero-order valence-electron chi connectivity index (χ0n) is 8.99. The first kappa shape index (κ1) is 12.0. The lowest BCUT2D eigenvalue weighted by Crippen LogP contribution is -2.47. The van der Waals surface area contributed by atoms with Gasteiger partial charge >= 0.3 is 5.97 Å². The largest absolute Gasteiger partial charge is 0.468 e. The Hall–Kier alpha value is -1.10. The molecule has 0 aromatic heterocycles. The second kappa shape index (κ2) is 4.61. The molecule has 5 heteroatoms. The first-order valence-corrected chi connectivity index (χ1v) is 5.15. The van der Waals surface area contributed by atoms with Crippen LogP contribution in [0, 0.1) is 11.3 Å². The molecule has 1 amide bonds. The van der Waals surface area contributed by atoms with Crippen LogP contribution in [0.4, 0.5) is 0 Å². The SMILES string of the molecule is COC(=O)C1(C(N)=O)CCC(CN)CC1. The fraction of sp³-hybridized carbons (Fsp3) is 0.800. The smallest absolute Gasteiger partial charge is 0.321 e. The van der Waals surface area contributed by atoms with Gasteiger partial charge in [-0.3, -0.25) is 9.59 Å². The summed E-state index contributed by atoms with van der Waals surface area (Å²) >= 11 is 0. The van der Waals surface area contributed by atoms with Crippen LogP contribution in [0.5, 0.6) is 0 Å².